The van der Waals surface area contributed by atoms with Gasteiger partial charge in [0.05, 0.1) is 6.04 Å². The lowest BCUT2D eigenvalue weighted by Crippen LogP contribution is -2.64. The Kier molecular flexibility index (Phi) is 3.37. The van der Waals surface area contributed by atoms with Crippen LogP contribution in [0.5, 0.6) is 0 Å². The molecule has 1 heterocycles. The fraction of sp³-hybridized carbons (Fsp3) is 1.00. The number of alkyl halides is 2. The van der Waals surface area contributed by atoms with Crippen LogP contribution in [-0.4, -0.2) is 43.0 Å². The van der Waals surface area contributed by atoms with E-state index in [2.05, 4.69) is 5.32 Å². The summed E-state index contributed by atoms with van der Waals surface area (Å²) in [6, 6.07) is -0.741. The second kappa shape index (κ2) is 4.11. The molecule has 3 atom stereocenters. The maximum Gasteiger partial charge on any atom is 0.106 e. The summed E-state index contributed by atoms with van der Waals surface area (Å²) in [6.45, 7) is 1.25. The minimum atomic E-state index is -0.509. The molecule has 1 saturated heterocycles. The Morgan fingerprint density at radius 2 is 2.17 bits per heavy atom. The Balaban J connectivity index is 2.52. The second-order valence-corrected chi connectivity index (χ2v) is 3.22. The van der Waals surface area contributed by atoms with E-state index in [-0.39, 0.29) is 18.1 Å². The van der Waals surface area contributed by atoms with E-state index in [1.165, 1.54) is 5.01 Å². The largest absolute Gasteiger partial charge is 0.304 e. The molecule has 0 aliphatic carbocycles. The molecule has 0 aromatic carbocycles. The standard InChI is InChI=1S/C7H15F2N3/c1-5-7(3-9)11-6(2-8)4-12(5)10/h5-7,11H,2-4,10H2,1H3. The fourth-order valence-corrected chi connectivity index (χ4v) is 1.41. The average molecular weight is 179 g/mol. The van der Waals surface area contributed by atoms with E-state index < -0.39 is 13.3 Å². The van der Waals surface area contributed by atoms with Gasteiger partial charge in [0, 0.05) is 18.6 Å². The van der Waals surface area contributed by atoms with E-state index in [9.17, 15) is 8.78 Å². The fourth-order valence-electron chi connectivity index (χ4n) is 1.41. The first-order chi connectivity index (χ1) is 5.69. The van der Waals surface area contributed by atoms with Gasteiger partial charge in [-0.25, -0.2) is 13.8 Å². The van der Waals surface area contributed by atoms with Crippen molar-refractivity contribution in [2.45, 2.75) is 25.0 Å². The highest BCUT2D eigenvalue weighted by molar-refractivity contribution is 4.89. The van der Waals surface area contributed by atoms with Crippen molar-refractivity contribution < 1.29 is 8.78 Å². The van der Waals surface area contributed by atoms with Gasteiger partial charge in [0.15, 0.2) is 0 Å². The lowest BCUT2D eigenvalue weighted by Gasteiger charge is -2.39. The van der Waals surface area contributed by atoms with Crippen LogP contribution in [0.25, 0.3) is 0 Å². The van der Waals surface area contributed by atoms with E-state index in [1.807, 2.05) is 6.92 Å². The summed E-state index contributed by atoms with van der Waals surface area (Å²) in [7, 11) is 0. The van der Waals surface area contributed by atoms with Crippen LogP contribution < -0.4 is 11.2 Å². The van der Waals surface area contributed by atoms with Crippen molar-refractivity contribution in [1.29, 1.82) is 0 Å². The Morgan fingerprint density at radius 1 is 1.50 bits per heavy atom. The highest BCUT2D eigenvalue weighted by Crippen LogP contribution is 2.09. The molecule has 0 radical (unpaired) electrons. The van der Waals surface area contributed by atoms with E-state index in [4.69, 9.17) is 5.84 Å². The summed E-state index contributed by atoms with van der Waals surface area (Å²) in [5, 5.41) is 4.35. The topological polar surface area (TPSA) is 41.3 Å². The number of rotatable bonds is 2. The van der Waals surface area contributed by atoms with Gasteiger partial charge in [0.1, 0.15) is 13.3 Å². The van der Waals surface area contributed by atoms with Crippen LogP contribution in [0, 0.1) is 0 Å². The van der Waals surface area contributed by atoms with Crippen molar-refractivity contribution in [1.82, 2.24) is 10.3 Å². The van der Waals surface area contributed by atoms with E-state index >= 15 is 0 Å². The van der Waals surface area contributed by atoms with Gasteiger partial charge < -0.3 is 5.32 Å². The Labute approximate surface area is 70.9 Å². The first kappa shape index (κ1) is 9.83. The molecular weight excluding hydrogens is 164 g/mol. The van der Waals surface area contributed by atoms with Crippen molar-refractivity contribution in [2.24, 2.45) is 5.84 Å². The number of hydrazine groups is 1. The van der Waals surface area contributed by atoms with Crippen molar-refractivity contribution >= 4 is 0 Å². The number of nitrogens with zero attached hydrogens (tertiary/aromatic N) is 1. The summed E-state index contributed by atoms with van der Waals surface area (Å²) in [4.78, 5) is 0. The molecule has 0 aromatic heterocycles. The number of hydrogen-bond acceptors (Lipinski definition) is 3. The minimum Gasteiger partial charge on any atom is -0.304 e. The van der Waals surface area contributed by atoms with Gasteiger partial charge >= 0.3 is 0 Å². The molecule has 1 rings (SSSR count). The van der Waals surface area contributed by atoms with Crippen molar-refractivity contribution in [3.63, 3.8) is 0 Å². The highest BCUT2D eigenvalue weighted by atomic mass is 19.1. The van der Waals surface area contributed by atoms with Crippen molar-refractivity contribution in [2.75, 3.05) is 19.9 Å². The average Bonchev–Trinajstić information content (AvgIpc) is 2.09. The zero-order valence-electron chi connectivity index (χ0n) is 7.13. The van der Waals surface area contributed by atoms with Crippen LogP contribution in [0.4, 0.5) is 8.78 Å². The minimum absolute atomic E-state index is 0.0715. The zero-order valence-corrected chi connectivity index (χ0v) is 7.13. The molecule has 1 fully saturated rings. The Morgan fingerprint density at radius 3 is 2.67 bits per heavy atom. The van der Waals surface area contributed by atoms with E-state index in [0.29, 0.717) is 6.54 Å². The van der Waals surface area contributed by atoms with E-state index in [1.54, 1.807) is 0 Å². The van der Waals surface area contributed by atoms with Gasteiger partial charge in [-0.15, -0.1) is 0 Å². The predicted octanol–water partition coefficient (Wildman–Crippen LogP) is -0.170. The van der Waals surface area contributed by atoms with Gasteiger partial charge in [0.2, 0.25) is 0 Å². The normalized spacial score (nSPS) is 38.5. The SMILES string of the molecule is CC1C(CF)NC(CF)CN1N. The number of piperazine rings is 1. The van der Waals surface area contributed by atoms with Crippen LogP contribution >= 0.6 is 0 Å². The number of nitrogens with one attached hydrogen (secondary N) is 1. The third-order valence-corrected chi connectivity index (χ3v) is 2.34. The molecule has 12 heavy (non-hydrogen) atoms. The van der Waals surface area contributed by atoms with Gasteiger partial charge in [-0.3, -0.25) is 5.84 Å². The third kappa shape index (κ3) is 1.91. The molecule has 0 bridgehead atoms. The van der Waals surface area contributed by atoms with E-state index in [0.717, 1.165) is 0 Å². The molecule has 1 aliphatic rings. The molecule has 72 valence electrons. The molecule has 0 aromatic rings. The summed E-state index contributed by atoms with van der Waals surface area (Å²) < 4.78 is 24.6. The lowest BCUT2D eigenvalue weighted by atomic mass is 10.1. The molecule has 0 saturated carbocycles. The zero-order chi connectivity index (χ0) is 9.14. The van der Waals surface area contributed by atoms with Crippen LogP contribution in [0.1, 0.15) is 6.92 Å². The number of hydrogen-bond donors (Lipinski definition) is 2. The highest BCUT2D eigenvalue weighted by Gasteiger charge is 2.30. The van der Waals surface area contributed by atoms with Crippen molar-refractivity contribution in [3.05, 3.63) is 0 Å². The van der Waals surface area contributed by atoms with Crippen LogP contribution in [0.3, 0.4) is 0 Å². The van der Waals surface area contributed by atoms with Crippen LogP contribution in [0.2, 0.25) is 0 Å². The molecule has 3 nitrogen and oxygen atoms in total. The third-order valence-electron chi connectivity index (χ3n) is 2.34. The Bertz CT molecular complexity index is 145. The maximum absolute atomic E-state index is 12.3. The molecule has 3 unspecified atom stereocenters. The lowest BCUT2D eigenvalue weighted by molar-refractivity contribution is 0.0791. The summed E-state index contributed by atoms with van der Waals surface area (Å²) in [6.07, 6.45) is 0. The number of halogens is 2. The summed E-state index contributed by atoms with van der Waals surface area (Å²) in [5.74, 6) is 5.57. The summed E-state index contributed by atoms with van der Waals surface area (Å²) >= 11 is 0. The molecule has 0 amide bonds. The molecule has 5 heteroatoms. The van der Waals surface area contributed by atoms with Gasteiger partial charge in [-0.2, -0.15) is 0 Å². The van der Waals surface area contributed by atoms with Crippen LogP contribution in [-0.2, 0) is 0 Å². The van der Waals surface area contributed by atoms with Crippen LogP contribution in [0.15, 0.2) is 0 Å². The molecule has 3 N–H and O–H groups in total. The van der Waals surface area contributed by atoms with Crippen molar-refractivity contribution in [3.8, 4) is 0 Å². The smallest absolute Gasteiger partial charge is 0.106 e. The monoisotopic (exact) mass is 179 g/mol. The first-order valence-electron chi connectivity index (χ1n) is 4.08. The maximum atomic E-state index is 12.3. The van der Waals surface area contributed by atoms with Gasteiger partial charge in [-0.05, 0) is 6.92 Å². The van der Waals surface area contributed by atoms with Gasteiger partial charge in [-0.1, -0.05) is 0 Å². The summed E-state index contributed by atoms with van der Waals surface area (Å²) in [5.41, 5.74) is 0. The molecule has 0 spiro atoms. The van der Waals surface area contributed by atoms with Gasteiger partial charge in [0.25, 0.3) is 0 Å². The molecular formula is C7H15F2N3. The predicted molar refractivity (Wildman–Crippen MR) is 43.0 cm³/mol. The second-order valence-electron chi connectivity index (χ2n) is 3.22. The Hall–Kier alpha value is -0.260. The first-order valence-corrected chi connectivity index (χ1v) is 4.08. The number of nitrogens with two attached hydrogens (primary N) is 1. The quantitative estimate of drug-likeness (QED) is 0.578. The molecule has 1 aliphatic heterocycles.